The highest BCUT2D eigenvalue weighted by molar-refractivity contribution is 5.36. The van der Waals surface area contributed by atoms with Crippen molar-refractivity contribution in [1.29, 1.82) is 5.26 Å². The number of nitrogens with zero attached hydrogens (tertiary/aromatic N) is 2. The van der Waals surface area contributed by atoms with Gasteiger partial charge in [-0.1, -0.05) is 0 Å². The Morgan fingerprint density at radius 3 is 2.50 bits per heavy atom. The lowest BCUT2D eigenvalue weighted by atomic mass is 10.1. The number of alkyl halides is 3. The third kappa shape index (κ3) is 1.53. The van der Waals surface area contributed by atoms with Crippen LogP contribution >= 0.6 is 0 Å². The smallest absolute Gasteiger partial charge is 0.264 e. The van der Waals surface area contributed by atoms with Crippen LogP contribution in [0.3, 0.4) is 0 Å². The van der Waals surface area contributed by atoms with Gasteiger partial charge in [-0.25, -0.2) is 0 Å². The highest BCUT2D eigenvalue weighted by Gasteiger charge is 2.33. The standard InChI is InChI=1S/C7H3F3N2/c8-7(9,10)6-4-12-2-1-5(6)3-11/h1-2,4H. The van der Waals surface area contributed by atoms with Crippen LogP contribution in [0.1, 0.15) is 11.1 Å². The van der Waals surface area contributed by atoms with Gasteiger partial charge in [-0.2, -0.15) is 18.4 Å². The fraction of sp³-hybridized carbons (Fsp3) is 0.143. The van der Waals surface area contributed by atoms with E-state index in [1.54, 1.807) is 0 Å². The van der Waals surface area contributed by atoms with Gasteiger partial charge in [0.2, 0.25) is 0 Å². The summed E-state index contributed by atoms with van der Waals surface area (Å²) < 4.78 is 36.1. The molecule has 1 aromatic heterocycles. The van der Waals surface area contributed by atoms with Crippen LogP contribution in [-0.4, -0.2) is 4.98 Å². The van der Waals surface area contributed by atoms with Gasteiger partial charge in [-0.3, -0.25) is 4.98 Å². The minimum atomic E-state index is -4.50. The van der Waals surface area contributed by atoms with E-state index < -0.39 is 17.3 Å². The Morgan fingerprint density at radius 2 is 2.08 bits per heavy atom. The van der Waals surface area contributed by atoms with Crippen molar-refractivity contribution in [3.8, 4) is 6.07 Å². The molecule has 1 rings (SSSR count). The first kappa shape index (κ1) is 8.53. The van der Waals surface area contributed by atoms with E-state index in [9.17, 15) is 13.2 Å². The van der Waals surface area contributed by atoms with Crippen LogP contribution in [-0.2, 0) is 6.18 Å². The number of rotatable bonds is 0. The van der Waals surface area contributed by atoms with Crippen molar-refractivity contribution in [3.05, 3.63) is 29.6 Å². The Morgan fingerprint density at radius 1 is 1.42 bits per heavy atom. The van der Waals surface area contributed by atoms with Crippen molar-refractivity contribution in [1.82, 2.24) is 4.98 Å². The van der Waals surface area contributed by atoms with Gasteiger partial charge < -0.3 is 0 Å². The summed E-state index contributed by atoms with van der Waals surface area (Å²) in [6.45, 7) is 0. The normalized spacial score (nSPS) is 10.8. The first-order valence-electron chi connectivity index (χ1n) is 2.97. The molecule has 0 aliphatic heterocycles. The van der Waals surface area contributed by atoms with Crippen molar-refractivity contribution in [3.63, 3.8) is 0 Å². The van der Waals surface area contributed by atoms with Crippen molar-refractivity contribution in [2.45, 2.75) is 6.18 Å². The van der Waals surface area contributed by atoms with Gasteiger partial charge in [0.05, 0.1) is 17.2 Å². The van der Waals surface area contributed by atoms with E-state index >= 15 is 0 Å². The second kappa shape index (κ2) is 2.81. The number of aromatic nitrogens is 1. The molecule has 5 heteroatoms. The molecule has 0 fully saturated rings. The van der Waals surface area contributed by atoms with Crippen LogP contribution in [0, 0.1) is 11.3 Å². The van der Waals surface area contributed by atoms with Gasteiger partial charge in [0, 0.05) is 12.4 Å². The molecule has 0 unspecified atom stereocenters. The molecule has 0 aromatic carbocycles. The SMILES string of the molecule is N#Cc1ccncc1C(F)(F)F. The molecule has 0 bridgehead atoms. The summed E-state index contributed by atoms with van der Waals surface area (Å²) in [5.74, 6) is 0. The molecule has 2 nitrogen and oxygen atoms in total. The van der Waals surface area contributed by atoms with Gasteiger partial charge in [0.25, 0.3) is 0 Å². The van der Waals surface area contributed by atoms with Crippen LogP contribution in [0.4, 0.5) is 13.2 Å². The van der Waals surface area contributed by atoms with Crippen molar-refractivity contribution >= 4 is 0 Å². The van der Waals surface area contributed by atoms with Gasteiger partial charge in [0.15, 0.2) is 0 Å². The average molecular weight is 172 g/mol. The van der Waals surface area contributed by atoms with E-state index in [-0.39, 0.29) is 0 Å². The van der Waals surface area contributed by atoms with E-state index in [2.05, 4.69) is 4.98 Å². The zero-order valence-corrected chi connectivity index (χ0v) is 5.76. The van der Waals surface area contributed by atoms with E-state index in [0.717, 1.165) is 12.3 Å². The number of hydrogen-bond donors (Lipinski definition) is 0. The first-order chi connectivity index (χ1) is 5.55. The van der Waals surface area contributed by atoms with E-state index in [1.807, 2.05) is 0 Å². The van der Waals surface area contributed by atoms with Gasteiger partial charge >= 0.3 is 6.18 Å². The molecular formula is C7H3F3N2. The Bertz CT molecular complexity index is 324. The monoisotopic (exact) mass is 172 g/mol. The van der Waals surface area contributed by atoms with Crippen LogP contribution in [0.2, 0.25) is 0 Å². The topological polar surface area (TPSA) is 36.7 Å². The Hall–Kier alpha value is -1.57. The van der Waals surface area contributed by atoms with E-state index in [4.69, 9.17) is 5.26 Å². The Kier molecular flexibility index (Phi) is 2.00. The maximum absolute atomic E-state index is 12.0. The van der Waals surface area contributed by atoms with Crippen molar-refractivity contribution in [2.75, 3.05) is 0 Å². The lowest BCUT2D eigenvalue weighted by Gasteiger charge is -2.06. The largest absolute Gasteiger partial charge is 0.419 e. The van der Waals surface area contributed by atoms with E-state index in [0.29, 0.717) is 6.20 Å². The van der Waals surface area contributed by atoms with E-state index in [1.165, 1.54) is 6.07 Å². The highest BCUT2D eigenvalue weighted by atomic mass is 19.4. The summed E-state index contributed by atoms with van der Waals surface area (Å²) >= 11 is 0. The summed E-state index contributed by atoms with van der Waals surface area (Å²) in [4.78, 5) is 3.29. The molecule has 0 saturated carbocycles. The second-order valence-electron chi connectivity index (χ2n) is 2.03. The maximum Gasteiger partial charge on any atom is 0.419 e. The molecule has 1 heterocycles. The van der Waals surface area contributed by atoms with Crippen LogP contribution in [0.5, 0.6) is 0 Å². The summed E-state index contributed by atoms with van der Waals surface area (Å²) in [5, 5.41) is 8.30. The summed E-state index contributed by atoms with van der Waals surface area (Å²) in [6, 6.07) is 2.47. The van der Waals surface area contributed by atoms with Crippen LogP contribution < -0.4 is 0 Å². The van der Waals surface area contributed by atoms with Crippen molar-refractivity contribution < 1.29 is 13.2 Å². The summed E-state index contributed by atoms with van der Waals surface area (Å²) in [7, 11) is 0. The fourth-order valence-electron chi connectivity index (χ4n) is 0.718. The number of hydrogen-bond acceptors (Lipinski definition) is 2. The number of halogens is 3. The quantitative estimate of drug-likeness (QED) is 0.599. The summed E-state index contributed by atoms with van der Waals surface area (Å²) in [6.07, 6.45) is -2.72. The molecule has 12 heavy (non-hydrogen) atoms. The lowest BCUT2D eigenvalue weighted by molar-refractivity contribution is -0.138. The minimum absolute atomic E-state index is 0.405. The minimum Gasteiger partial charge on any atom is -0.264 e. The Balaban J connectivity index is 3.26. The molecule has 0 amide bonds. The molecule has 0 radical (unpaired) electrons. The maximum atomic E-state index is 12.0. The predicted octanol–water partition coefficient (Wildman–Crippen LogP) is 1.97. The van der Waals surface area contributed by atoms with Crippen molar-refractivity contribution in [2.24, 2.45) is 0 Å². The third-order valence-electron chi connectivity index (χ3n) is 1.25. The molecule has 62 valence electrons. The van der Waals surface area contributed by atoms with Gasteiger partial charge in [0.1, 0.15) is 0 Å². The van der Waals surface area contributed by atoms with Gasteiger partial charge in [-0.15, -0.1) is 0 Å². The molecule has 0 aliphatic carbocycles. The molecule has 0 saturated heterocycles. The molecular weight excluding hydrogens is 169 g/mol. The highest BCUT2D eigenvalue weighted by Crippen LogP contribution is 2.30. The molecule has 0 atom stereocenters. The second-order valence-corrected chi connectivity index (χ2v) is 2.03. The van der Waals surface area contributed by atoms with Crippen LogP contribution in [0.25, 0.3) is 0 Å². The number of nitriles is 1. The first-order valence-corrected chi connectivity index (χ1v) is 2.97. The van der Waals surface area contributed by atoms with Crippen LogP contribution in [0.15, 0.2) is 18.5 Å². The molecule has 0 N–H and O–H groups in total. The van der Waals surface area contributed by atoms with Gasteiger partial charge in [-0.05, 0) is 6.07 Å². The fourth-order valence-corrected chi connectivity index (χ4v) is 0.718. The molecule has 0 spiro atoms. The average Bonchev–Trinajstić information content (AvgIpc) is 2.03. The molecule has 0 aliphatic rings. The zero-order valence-electron chi connectivity index (χ0n) is 5.76. The molecule has 1 aromatic rings. The Labute approximate surface area is 66.3 Å². The summed E-state index contributed by atoms with van der Waals surface area (Å²) in [5.41, 5.74) is -1.40. The zero-order chi connectivity index (χ0) is 9.19. The lowest BCUT2D eigenvalue weighted by Crippen LogP contribution is -2.07. The third-order valence-corrected chi connectivity index (χ3v) is 1.25. The number of pyridine rings is 1. The predicted molar refractivity (Wildman–Crippen MR) is 34.0 cm³/mol.